The van der Waals surface area contributed by atoms with E-state index in [9.17, 15) is 9.90 Å². The van der Waals surface area contributed by atoms with E-state index >= 15 is 0 Å². The maximum Gasteiger partial charge on any atom is 0.182 e. The summed E-state index contributed by atoms with van der Waals surface area (Å²) in [5.41, 5.74) is 2.80. The number of carbonyl (C=O) groups is 1. The second kappa shape index (κ2) is 5.37. The molecule has 0 radical (unpaired) electrons. The van der Waals surface area contributed by atoms with Gasteiger partial charge in [0.15, 0.2) is 11.9 Å². The molecule has 1 aliphatic rings. The summed E-state index contributed by atoms with van der Waals surface area (Å²) in [6.45, 7) is 3.56. The molecule has 0 saturated heterocycles. The standard InChI is InChI=1S/C18H18O4/c1-10-15(20)11(2)17-13(16(10)21-3)9-14(19)18(22-17)12-7-5-4-6-8-12/h4-8,18,20H,9H2,1-3H3. The number of phenols is 1. The third kappa shape index (κ3) is 2.11. The smallest absolute Gasteiger partial charge is 0.182 e. The van der Waals surface area contributed by atoms with Crippen LogP contribution in [0.4, 0.5) is 0 Å². The summed E-state index contributed by atoms with van der Waals surface area (Å²) in [4.78, 5) is 12.5. The summed E-state index contributed by atoms with van der Waals surface area (Å²) < 4.78 is 11.3. The monoisotopic (exact) mass is 298 g/mol. The molecule has 1 heterocycles. The highest BCUT2D eigenvalue weighted by Crippen LogP contribution is 2.46. The molecule has 1 unspecified atom stereocenters. The predicted molar refractivity (Wildman–Crippen MR) is 82.7 cm³/mol. The van der Waals surface area contributed by atoms with E-state index in [4.69, 9.17) is 9.47 Å². The number of carbonyl (C=O) groups excluding carboxylic acids is 1. The van der Waals surface area contributed by atoms with E-state index in [0.29, 0.717) is 28.2 Å². The zero-order valence-corrected chi connectivity index (χ0v) is 12.8. The molecule has 22 heavy (non-hydrogen) atoms. The van der Waals surface area contributed by atoms with Gasteiger partial charge in [-0.1, -0.05) is 30.3 Å². The van der Waals surface area contributed by atoms with E-state index in [1.54, 1.807) is 13.8 Å². The lowest BCUT2D eigenvalue weighted by atomic mass is 9.92. The van der Waals surface area contributed by atoms with Crippen LogP contribution in [0, 0.1) is 13.8 Å². The Balaban J connectivity index is 2.13. The number of aromatic hydroxyl groups is 1. The summed E-state index contributed by atoms with van der Waals surface area (Å²) in [5.74, 6) is 1.21. The van der Waals surface area contributed by atoms with Crippen molar-refractivity contribution in [2.45, 2.75) is 26.4 Å². The normalized spacial score (nSPS) is 16.9. The van der Waals surface area contributed by atoms with Gasteiger partial charge in [0, 0.05) is 23.1 Å². The number of rotatable bonds is 2. The van der Waals surface area contributed by atoms with Gasteiger partial charge in [0.25, 0.3) is 0 Å². The van der Waals surface area contributed by atoms with Gasteiger partial charge in [-0.3, -0.25) is 4.79 Å². The topological polar surface area (TPSA) is 55.8 Å². The minimum absolute atomic E-state index is 0.0125. The fraction of sp³-hybridized carbons (Fsp3) is 0.278. The Labute approximate surface area is 129 Å². The lowest BCUT2D eigenvalue weighted by Crippen LogP contribution is -2.27. The fourth-order valence-corrected chi connectivity index (χ4v) is 2.98. The second-order valence-corrected chi connectivity index (χ2v) is 5.49. The van der Waals surface area contributed by atoms with Crippen molar-refractivity contribution < 1.29 is 19.4 Å². The molecule has 2 aromatic rings. The Morgan fingerprint density at radius 1 is 1.18 bits per heavy atom. The molecule has 2 aromatic carbocycles. The molecule has 1 aliphatic heterocycles. The van der Waals surface area contributed by atoms with Crippen LogP contribution in [0.1, 0.15) is 28.4 Å². The third-order valence-corrected chi connectivity index (χ3v) is 4.13. The maximum absolute atomic E-state index is 12.5. The van der Waals surface area contributed by atoms with Crippen LogP contribution in [-0.2, 0) is 11.2 Å². The molecule has 3 rings (SSSR count). The molecule has 114 valence electrons. The molecule has 4 heteroatoms. The number of Topliss-reactive ketones (excluding diaryl/α,β-unsaturated/α-hetero) is 1. The summed E-state index contributed by atoms with van der Waals surface area (Å²) >= 11 is 0. The number of ether oxygens (including phenoxy) is 2. The van der Waals surface area contributed by atoms with Crippen LogP contribution in [0.2, 0.25) is 0 Å². The van der Waals surface area contributed by atoms with Crippen molar-refractivity contribution in [1.82, 2.24) is 0 Å². The summed E-state index contributed by atoms with van der Waals surface area (Å²) in [5, 5.41) is 10.3. The van der Waals surface area contributed by atoms with Crippen LogP contribution in [0.3, 0.4) is 0 Å². The number of benzene rings is 2. The zero-order valence-electron chi connectivity index (χ0n) is 12.8. The number of hydrogen-bond acceptors (Lipinski definition) is 4. The van der Waals surface area contributed by atoms with E-state index in [2.05, 4.69) is 0 Å². The van der Waals surface area contributed by atoms with Crippen molar-refractivity contribution in [2.24, 2.45) is 0 Å². The highest BCUT2D eigenvalue weighted by atomic mass is 16.5. The first kappa shape index (κ1) is 14.4. The van der Waals surface area contributed by atoms with Crippen molar-refractivity contribution in [3.63, 3.8) is 0 Å². The van der Waals surface area contributed by atoms with Crippen molar-refractivity contribution in [1.29, 1.82) is 0 Å². The summed E-state index contributed by atoms with van der Waals surface area (Å²) in [7, 11) is 1.53. The Bertz CT molecular complexity index is 735. The Hall–Kier alpha value is -2.49. The maximum atomic E-state index is 12.5. The Morgan fingerprint density at radius 3 is 2.50 bits per heavy atom. The number of ketones is 1. The van der Waals surface area contributed by atoms with E-state index in [1.165, 1.54) is 7.11 Å². The molecule has 0 amide bonds. The van der Waals surface area contributed by atoms with Gasteiger partial charge in [-0.05, 0) is 19.4 Å². The zero-order chi connectivity index (χ0) is 15.9. The number of fused-ring (bicyclic) bond motifs is 1. The molecule has 4 nitrogen and oxygen atoms in total. The minimum Gasteiger partial charge on any atom is -0.507 e. The van der Waals surface area contributed by atoms with Crippen LogP contribution >= 0.6 is 0 Å². The molecule has 1 atom stereocenters. The van der Waals surface area contributed by atoms with E-state index < -0.39 is 6.10 Å². The van der Waals surface area contributed by atoms with E-state index in [1.807, 2.05) is 30.3 Å². The average molecular weight is 298 g/mol. The Kier molecular flexibility index (Phi) is 3.53. The van der Waals surface area contributed by atoms with E-state index in [-0.39, 0.29) is 18.0 Å². The molecule has 0 aliphatic carbocycles. The largest absolute Gasteiger partial charge is 0.507 e. The van der Waals surface area contributed by atoms with Crippen LogP contribution in [0.5, 0.6) is 17.2 Å². The van der Waals surface area contributed by atoms with Gasteiger partial charge in [-0.15, -0.1) is 0 Å². The van der Waals surface area contributed by atoms with Crippen LogP contribution in [0.15, 0.2) is 30.3 Å². The average Bonchev–Trinajstić information content (AvgIpc) is 2.54. The van der Waals surface area contributed by atoms with Crippen molar-refractivity contribution in [2.75, 3.05) is 7.11 Å². The number of methoxy groups -OCH3 is 1. The van der Waals surface area contributed by atoms with Crippen molar-refractivity contribution in [3.05, 3.63) is 52.6 Å². The SMILES string of the molecule is COc1c(C)c(O)c(C)c2c1CC(=O)C(c1ccccc1)O2. The van der Waals surface area contributed by atoms with Crippen LogP contribution in [0.25, 0.3) is 0 Å². The van der Waals surface area contributed by atoms with Crippen molar-refractivity contribution in [3.8, 4) is 17.2 Å². The minimum atomic E-state index is -0.640. The molecule has 0 aromatic heterocycles. The van der Waals surface area contributed by atoms with Gasteiger partial charge in [0.1, 0.15) is 17.2 Å². The van der Waals surface area contributed by atoms with Gasteiger partial charge in [0.2, 0.25) is 0 Å². The Morgan fingerprint density at radius 2 is 1.86 bits per heavy atom. The quantitative estimate of drug-likeness (QED) is 0.924. The molecule has 0 bridgehead atoms. The van der Waals surface area contributed by atoms with Crippen molar-refractivity contribution >= 4 is 5.78 Å². The van der Waals surface area contributed by atoms with E-state index in [0.717, 1.165) is 5.56 Å². The number of hydrogen-bond donors (Lipinski definition) is 1. The van der Waals surface area contributed by atoms with Crippen LogP contribution in [-0.4, -0.2) is 18.0 Å². The third-order valence-electron chi connectivity index (χ3n) is 4.13. The summed E-state index contributed by atoms with van der Waals surface area (Å²) in [6.07, 6.45) is -0.403. The lowest BCUT2D eigenvalue weighted by molar-refractivity contribution is -0.126. The molecule has 0 saturated carbocycles. The first-order valence-corrected chi connectivity index (χ1v) is 7.18. The number of phenolic OH excluding ortho intramolecular Hbond substituents is 1. The predicted octanol–water partition coefficient (Wildman–Crippen LogP) is 3.26. The summed E-state index contributed by atoms with van der Waals surface area (Å²) in [6, 6.07) is 9.39. The van der Waals surface area contributed by atoms with Gasteiger partial charge < -0.3 is 14.6 Å². The lowest BCUT2D eigenvalue weighted by Gasteiger charge is -2.29. The highest BCUT2D eigenvalue weighted by molar-refractivity contribution is 5.90. The second-order valence-electron chi connectivity index (χ2n) is 5.49. The molecule has 1 N–H and O–H groups in total. The van der Waals surface area contributed by atoms with Gasteiger partial charge in [-0.25, -0.2) is 0 Å². The highest BCUT2D eigenvalue weighted by Gasteiger charge is 2.34. The molecular formula is C18H18O4. The van der Waals surface area contributed by atoms with Gasteiger partial charge in [0.05, 0.1) is 7.11 Å². The molecule has 0 fully saturated rings. The van der Waals surface area contributed by atoms with Gasteiger partial charge in [-0.2, -0.15) is 0 Å². The first-order chi connectivity index (χ1) is 10.5. The first-order valence-electron chi connectivity index (χ1n) is 7.18. The molecular weight excluding hydrogens is 280 g/mol. The molecule has 0 spiro atoms. The van der Waals surface area contributed by atoms with Gasteiger partial charge >= 0.3 is 0 Å². The fourth-order valence-electron chi connectivity index (χ4n) is 2.98. The van der Waals surface area contributed by atoms with Crippen LogP contribution < -0.4 is 9.47 Å².